The predicted octanol–water partition coefficient (Wildman–Crippen LogP) is 2.73. The SMILES string of the molecule is O=C1c2ccc(Cl)cc2C2(c3cccc(O)c3)OCCN12. The molecule has 4 rings (SSSR count). The van der Waals surface area contributed by atoms with Crippen molar-refractivity contribution in [3.63, 3.8) is 0 Å². The Balaban J connectivity index is 2.02. The lowest BCUT2D eigenvalue weighted by Crippen LogP contribution is -2.40. The first kappa shape index (κ1) is 12.7. The van der Waals surface area contributed by atoms with Crippen LogP contribution in [0.15, 0.2) is 42.5 Å². The molecule has 2 aliphatic rings. The molecule has 1 fully saturated rings. The number of nitrogens with zero attached hydrogens (tertiary/aromatic N) is 1. The summed E-state index contributed by atoms with van der Waals surface area (Å²) in [7, 11) is 0. The van der Waals surface area contributed by atoms with E-state index in [0.29, 0.717) is 23.7 Å². The Labute approximate surface area is 126 Å². The summed E-state index contributed by atoms with van der Waals surface area (Å²) in [5, 5.41) is 10.3. The standard InChI is InChI=1S/C16H12ClNO3/c17-11-4-5-13-14(9-11)16(10-2-1-3-12(19)8-10)18(15(13)20)6-7-21-16/h1-5,8-9,19H,6-7H2. The summed E-state index contributed by atoms with van der Waals surface area (Å²) in [6.45, 7) is 0.966. The van der Waals surface area contributed by atoms with Crippen LogP contribution >= 0.6 is 11.6 Å². The molecule has 0 radical (unpaired) electrons. The van der Waals surface area contributed by atoms with Gasteiger partial charge in [-0.3, -0.25) is 9.69 Å². The van der Waals surface area contributed by atoms with E-state index in [-0.39, 0.29) is 11.7 Å². The van der Waals surface area contributed by atoms with Gasteiger partial charge in [-0.25, -0.2) is 0 Å². The Kier molecular flexibility index (Phi) is 2.55. The van der Waals surface area contributed by atoms with E-state index in [0.717, 1.165) is 11.1 Å². The highest BCUT2D eigenvalue weighted by Crippen LogP contribution is 2.48. The average Bonchev–Trinajstić information content (AvgIpc) is 3.00. The summed E-state index contributed by atoms with van der Waals surface area (Å²) < 4.78 is 5.99. The second-order valence-electron chi connectivity index (χ2n) is 5.19. The number of benzene rings is 2. The van der Waals surface area contributed by atoms with E-state index in [9.17, 15) is 9.90 Å². The molecular formula is C16H12ClNO3. The fourth-order valence-electron chi connectivity index (χ4n) is 3.23. The van der Waals surface area contributed by atoms with Gasteiger partial charge in [0.1, 0.15) is 5.75 Å². The average molecular weight is 302 g/mol. The molecule has 106 valence electrons. The highest BCUT2D eigenvalue weighted by molar-refractivity contribution is 6.30. The van der Waals surface area contributed by atoms with Crippen LogP contribution in [0.3, 0.4) is 0 Å². The van der Waals surface area contributed by atoms with E-state index >= 15 is 0 Å². The van der Waals surface area contributed by atoms with Crippen molar-refractivity contribution in [3.8, 4) is 5.75 Å². The Morgan fingerprint density at radius 2 is 2.10 bits per heavy atom. The highest BCUT2D eigenvalue weighted by Gasteiger charge is 2.55. The molecule has 1 N–H and O–H groups in total. The van der Waals surface area contributed by atoms with Gasteiger partial charge >= 0.3 is 0 Å². The number of aromatic hydroxyl groups is 1. The van der Waals surface area contributed by atoms with Gasteiger partial charge in [-0.15, -0.1) is 0 Å². The van der Waals surface area contributed by atoms with E-state index in [1.54, 1.807) is 41.3 Å². The molecule has 0 aliphatic carbocycles. The van der Waals surface area contributed by atoms with Crippen LogP contribution in [0.5, 0.6) is 5.75 Å². The molecule has 1 unspecified atom stereocenters. The van der Waals surface area contributed by atoms with Gasteiger partial charge in [0.2, 0.25) is 0 Å². The lowest BCUT2D eigenvalue weighted by atomic mass is 9.94. The van der Waals surface area contributed by atoms with Gasteiger partial charge in [-0.05, 0) is 30.3 Å². The number of phenols is 1. The Hall–Kier alpha value is -2.04. The molecule has 1 saturated heterocycles. The van der Waals surface area contributed by atoms with E-state index in [4.69, 9.17) is 16.3 Å². The first-order valence-electron chi connectivity index (χ1n) is 6.68. The normalized spacial score (nSPS) is 23.3. The van der Waals surface area contributed by atoms with Crippen molar-refractivity contribution in [2.24, 2.45) is 0 Å². The molecule has 0 saturated carbocycles. The number of carbonyl (C=O) groups is 1. The van der Waals surface area contributed by atoms with Gasteiger partial charge in [-0.1, -0.05) is 23.7 Å². The summed E-state index contributed by atoms with van der Waals surface area (Å²) in [6.07, 6.45) is 0. The van der Waals surface area contributed by atoms with Gasteiger partial charge in [0, 0.05) is 28.3 Å². The second kappa shape index (κ2) is 4.23. The number of ether oxygens (including phenoxy) is 1. The minimum atomic E-state index is -0.976. The number of rotatable bonds is 1. The first-order chi connectivity index (χ1) is 10.1. The quantitative estimate of drug-likeness (QED) is 0.881. The molecule has 2 heterocycles. The molecule has 0 bridgehead atoms. The van der Waals surface area contributed by atoms with E-state index in [2.05, 4.69) is 0 Å². The first-order valence-corrected chi connectivity index (χ1v) is 7.06. The molecule has 0 aromatic heterocycles. The predicted molar refractivity (Wildman–Crippen MR) is 77.3 cm³/mol. The Bertz CT molecular complexity index is 761. The van der Waals surface area contributed by atoms with Crippen LogP contribution in [-0.4, -0.2) is 29.1 Å². The summed E-state index contributed by atoms with van der Waals surface area (Å²) in [6, 6.07) is 12.0. The summed E-state index contributed by atoms with van der Waals surface area (Å²) >= 11 is 6.11. The molecule has 2 aliphatic heterocycles. The molecule has 4 nitrogen and oxygen atoms in total. The van der Waals surface area contributed by atoms with Gasteiger partial charge in [0.05, 0.1) is 6.61 Å². The molecule has 21 heavy (non-hydrogen) atoms. The van der Waals surface area contributed by atoms with Gasteiger partial charge in [0.15, 0.2) is 5.72 Å². The lowest BCUT2D eigenvalue weighted by Gasteiger charge is -2.32. The number of hydrogen-bond acceptors (Lipinski definition) is 3. The van der Waals surface area contributed by atoms with Crippen molar-refractivity contribution >= 4 is 17.5 Å². The third kappa shape index (κ3) is 1.57. The topological polar surface area (TPSA) is 49.8 Å². The van der Waals surface area contributed by atoms with Crippen LogP contribution < -0.4 is 0 Å². The minimum absolute atomic E-state index is 0.0671. The number of fused-ring (bicyclic) bond motifs is 3. The maximum absolute atomic E-state index is 12.6. The monoisotopic (exact) mass is 301 g/mol. The van der Waals surface area contributed by atoms with E-state index < -0.39 is 5.72 Å². The molecule has 2 aromatic rings. The van der Waals surface area contributed by atoms with Crippen LogP contribution in [0.25, 0.3) is 0 Å². The number of phenolic OH excluding ortho intramolecular Hbond substituents is 1. The smallest absolute Gasteiger partial charge is 0.257 e. The van der Waals surface area contributed by atoms with Crippen molar-refractivity contribution in [2.75, 3.05) is 13.2 Å². The molecule has 2 aromatic carbocycles. The van der Waals surface area contributed by atoms with Crippen LogP contribution in [0.1, 0.15) is 21.5 Å². The van der Waals surface area contributed by atoms with Crippen LogP contribution in [0.4, 0.5) is 0 Å². The maximum atomic E-state index is 12.6. The molecule has 5 heteroatoms. The van der Waals surface area contributed by atoms with Crippen molar-refractivity contribution < 1.29 is 14.6 Å². The minimum Gasteiger partial charge on any atom is -0.508 e. The third-order valence-corrected chi connectivity index (χ3v) is 4.30. The maximum Gasteiger partial charge on any atom is 0.257 e. The zero-order chi connectivity index (χ0) is 14.6. The van der Waals surface area contributed by atoms with Gasteiger partial charge < -0.3 is 9.84 Å². The van der Waals surface area contributed by atoms with Gasteiger partial charge in [-0.2, -0.15) is 0 Å². The second-order valence-corrected chi connectivity index (χ2v) is 5.63. The van der Waals surface area contributed by atoms with Crippen molar-refractivity contribution in [1.82, 2.24) is 4.90 Å². The number of halogens is 1. The number of carbonyl (C=O) groups excluding carboxylic acids is 1. The molecule has 1 atom stereocenters. The molecule has 0 spiro atoms. The third-order valence-electron chi connectivity index (χ3n) is 4.07. The Morgan fingerprint density at radius 3 is 2.90 bits per heavy atom. The van der Waals surface area contributed by atoms with Gasteiger partial charge in [0.25, 0.3) is 5.91 Å². The summed E-state index contributed by atoms with van der Waals surface area (Å²) in [4.78, 5) is 14.3. The number of amides is 1. The van der Waals surface area contributed by atoms with Crippen molar-refractivity contribution in [1.29, 1.82) is 0 Å². The molecule has 1 amide bonds. The fraction of sp³-hybridized carbons (Fsp3) is 0.188. The fourth-order valence-corrected chi connectivity index (χ4v) is 3.40. The van der Waals surface area contributed by atoms with Crippen LogP contribution in [0.2, 0.25) is 5.02 Å². The summed E-state index contributed by atoms with van der Waals surface area (Å²) in [5.74, 6) is 0.0720. The van der Waals surface area contributed by atoms with E-state index in [1.165, 1.54) is 0 Å². The van der Waals surface area contributed by atoms with Crippen LogP contribution in [-0.2, 0) is 10.5 Å². The van der Waals surface area contributed by atoms with Crippen molar-refractivity contribution in [2.45, 2.75) is 5.72 Å². The largest absolute Gasteiger partial charge is 0.508 e. The number of hydrogen-bond donors (Lipinski definition) is 1. The van der Waals surface area contributed by atoms with Crippen molar-refractivity contribution in [3.05, 3.63) is 64.2 Å². The Morgan fingerprint density at radius 1 is 1.24 bits per heavy atom. The zero-order valence-electron chi connectivity index (χ0n) is 11.0. The highest BCUT2D eigenvalue weighted by atomic mass is 35.5. The molecular weight excluding hydrogens is 290 g/mol. The summed E-state index contributed by atoms with van der Waals surface area (Å²) in [5.41, 5.74) is 1.09. The van der Waals surface area contributed by atoms with Crippen LogP contribution in [0, 0.1) is 0 Å². The zero-order valence-corrected chi connectivity index (χ0v) is 11.8. The van der Waals surface area contributed by atoms with E-state index in [1.807, 2.05) is 6.07 Å². The lowest BCUT2D eigenvalue weighted by molar-refractivity contribution is -0.0305.